The molecule has 0 radical (unpaired) electrons. The Kier molecular flexibility index (Phi) is 47.5. The van der Waals surface area contributed by atoms with Crippen molar-refractivity contribution in [2.45, 2.75) is 347 Å². The molecule has 0 heterocycles. The van der Waals surface area contributed by atoms with Gasteiger partial charge in [-0.3, -0.25) is 0 Å². The molecule has 3 nitrogen and oxygen atoms in total. The van der Waals surface area contributed by atoms with E-state index in [2.05, 4.69) is 34.6 Å². The third-order valence-electron chi connectivity index (χ3n) is 14.2. The second kappa shape index (κ2) is 47.7. The van der Waals surface area contributed by atoms with Gasteiger partial charge in [-0.05, 0) is 0 Å². The molecule has 61 heavy (non-hydrogen) atoms. The Hall–Kier alpha value is -0.276. The summed E-state index contributed by atoms with van der Waals surface area (Å²) in [5.41, 5.74) is 0. The molecule has 0 unspecified atom stereocenters. The van der Waals surface area contributed by atoms with Gasteiger partial charge in [0.05, 0.1) is 0 Å². The summed E-state index contributed by atoms with van der Waals surface area (Å²) in [6.07, 6.45) is 59.8. The zero-order valence-electron chi connectivity index (χ0n) is 42.7. The maximum atomic E-state index is 14.3. The molecule has 0 N–H and O–H groups in total. The van der Waals surface area contributed by atoms with E-state index < -0.39 is 16.6 Å². The summed E-state index contributed by atoms with van der Waals surface area (Å²) >= 11 is -4.12. The quantitative estimate of drug-likeness (QED) is 0.0452. The molecule has 0 bridgehead atoms. The fourth-order valence-corrected chi connectivity index (χ4v) is 17.1. The van der Waals surface area contributed by atoms with Gasteiger partial charge in [-0.1, -0.05) is 117 Å². The fourth-order valence-electron chi connectivity index (χ4n) is 9.99. The van der Waals surface area contributed by atoms with E-state index in [1.165, 1.54) is 250 Å². The van der Waals surface area contributed by atoms with Crippen LogP contribution in [0.5, 0.6) is 0 Å². The molecule has 0 aliphatic rings. The number of carbonyl (C=O) groups excluding carboxylic acids is 3. The molecule has 0 saturated heterocycles. The molecule has 0 aliphatic heterocycles. The van der Waals surface area contributed by atoms with Gasteiger partial charge in [0.15, 0.2) is 0 Å². The van der Waals surface area contributed by atoms with Crippen LogP contribution in [0.25, 0.3) is 0 Å². The monoisotopic (exact) mass is 893 g/mol. The molecule has 0 rings (SSSR count). The van der Waals surface area contributed by atoms with Crippen molar-refractivity contribution in [1.29, 1.82) is 0 Å². The summed E-state index contributed by atoms with van der Waals surface area (Å²) in [6, 6.07) is 0. The van der Waals surface area contributed by atoms with Gasteiger partial charge < -0.3 is 0 Å². The number of hydrogen-bond donors (Lipinski definition) is 0. The van der Waals surface area contributed by atoms with Crippen molar-refractivity contribution in [2.24, 2.45) is 0 Å². The van der Waals surface area contributed by atoms with Gasteiger partial charge in [-0.15, -0.1) is 0 Å². The van der Waals surface area contributed by atoms with E-state index in [1.54, 1.807) is 0 Å². The van der Waals surface area contributed by atoms with E-state index in [4.69, 9.17) is 0 Å². The van der Waals surface area contributed by atoms with Crippen molar-refractivity contribution in [3.05, 3.63) is 0 Å². The van der Waals surface area contributed by atoms with Gasteiger partial charge in [0.25, 0.3) is 0 Å². The average Bonchev–Trinajstić information content (AvgIpc) is 3.25. The third-order valence-corrected chi connectivity index (χ3v) is 22.2. The van der Waals surface area contributed by atoms with Crippen LogP contribution in [0.15, 0.2) is 0 Å². The fraction of sp³-hybridized carbons (Fsp3) is 0.947. The standard InChI is InChI=1S/3C18H35O.C3H7.Ti/c3*1-2-3-4-5-6-7-8-9-10-11-12-13-14-15-16-17-18-19;1-3-2;/h3*2-17H2,1H3;3H,1-2H3;. The van der Waals surface area contributed by atoms with Crippen LogP contribution in [0.2, 0.25) is 4.22 Å². The van der Waals surface area contributed by atoms with Gasteiger partial charge in [-0.2, -0.15) is 0 Å². The van der Waals surface area contributed by atoms with Crippen LogP contribution in [0.1, 0.15) is 343 Å². The first-order valence-corrected chi connectivity index (χ1v) is 31.7. The molecule has 0 spiro atoms. The molecular weight excluding hydrogens is 780 g/mol. The number of unbranched alkanes of at least 4 members (excludes halogenated alkanes) is 42. The van der Waals surface area contributed by atoms with Gasteiger partial charge in [0.1, 0.15) is 0 Å². The summed E-state index contributed by atoms with van der Waals surface area (Å²) in [5, 5.41) is 0. The molecule has 0 aromatic rings. The van der Waals surface area contributed by atoms with Gasteiger partial charge in [0, 0.05) is 0 Å². The predicted molar refractivity (Wildman–Crippen MR) is 269 cm³/mol. The van der Waals surface area contributed by atoms with Crippen LogP contribution in [0.4, 0.5) is 0 Å². The first kappa shape index (κ1) is 60.7. The van der Waals surface area contributed by atoms with Crippen LogP contribution < -0.4 is 0 Å². The second-order valence-corrected chi connectivity index (χ2v) is 27.3. The van der Waals surface area contributed by atoms with Crippen molar-refractivity contribution in [1.82, 2.24) is 0 Å². The Bertz CT molecular complexity index is 831. The van der Waals surface area contributed by atoms with Crippen LogP contribution in [-0.2, 0) is 31.0 Å². The summed E-state index contributed by atoms with van der Waals surface area (Å²) in [7, 11) is 0. The van der Waals surface area contributed by atoms with Crippen LogP contribution in [-0.4, -0.2) is 12.3 Å². The van der Waals surface area contributed by atoms with E-state index >= 15 is 0 Å². The molecule has 0 fully saturated rings. The van der Waals surface area contributed by atoms with Crippen molar-refractivity contribution in [3.63, 3.8) is 0 Å². The molecule has 0 amide bonds. The van der Waals surface area contributed by atoms with E-state index in [0.29, 0.717) is 19.3 Å². The van der Waals surface area contributed by atoms with E-state index in [0.717, 1.165) is 38.5 Å². The van der Waals surface area contributed by atoms with Crippen molar-refractivity contribution in [3.8, 4) is 0 Å². The second-order valence-electron chi connectivity index (χ2n) is 20.3. The number of hydrogen-bond acceptors (Lipinski definition) is 3. The minimum absolute atomic E-state index is 0.0866. The Balaban J connectivity index is 4.74. The van der Waals surface area contributed by atoms with E-state index in [1.807, 2.05) is 0 Å². The minimum atomic E-state index is -4.12. The van der Waals surface area contributed by atoms with Crippen molar-refractivity contribution in [2.75, 3.05) is 0 Å². The van der Waals surface area contributed by atoms with Gasteiger partial charge in [0.2, 0.25) is 0 Å². The Morgan fingerprint density at radius 3 is 0.508 bits per heavy atom. The van der Waals surface area contributed by atoms with Crippen molar-refractivity contribution >= 4 is 12.3 Å². The maximum absolute atomic E-state index is 14.3. The zero-order valence-corrected chi connectivity index (χ0v) is 44.3. The molecule has 0 aromatic carbocycles. The van der Waals surface area contributed by atoms with Crippen LogP contribution in [0.3, 0.4) is 0 Å². The van der Waals surface area contributed by atoms with Crippen LogP contribution >= 0.6 is 0 Å². The summed E-state index contributed by atoms with van der Waals surface area (Å²) in [4.78, 5) is 42.9. The Morgan fingerprint density at radius 1 is 0.246 bits per heavy atom. The Morgan fingerprint density at radius 2 is 0.377 bits per heavy atom. The molecule has 362 valence electrons. The molecule has 4 heteroatoms. The first-order valence-electron chi connectivity index (χ1n) is 28.5. The molecule has 0 aliphatic carbocycles. The van der Waals surface area contributed by atoms with Crippen molar-refractivity contribution < 1.29 is 31.0 Å². The average molecular weight is 893 g/mol. The SMILES string of the molecule is CCCCCCCCCCCCCCCCC[C](=O)[Ti]([C](=O)CCCCCCCCCCCCCCCCC)([C](=O)CCCCCCCCCCCCCCCCC)[CH](C)C. The Labute approximate surface area is 388 Å². The molecular formula is C57H112O3Ti. The first-order chi connectivity index (χ1) is 29.9. The normalized spacial score (nSPS) is 11.9. The molecule has 0 atom stereocenters. The predicted octanol–water partition coefficient (Wildman–Crippen LogP) is 20.3. The van der Waals surface area contributed by atoms with Gasteiger partial charge >= 0.3 is 273 Å². The van der Waals surface area contributed by atoms with Gasteiger partial charge in [-0.25, -0.2) is 0 Å². The van der Waals surface area contributed by atoms with E-state index in [9.17, 15) is 14.4 Å². The summed E-state index contributed by atoms with van der Waals surface area (Å²) in [6.45, 7) is 11.0. The zero-order chi connectivity index (χ0) is 44.8. The number of rotatable bonds is 52. The molecule has 0 aromatic heterocycles. The summed E-state index contributed by atoms with van der Waals surface area (Å²) < 4.78 is 0.293. The number of carbonyl (C=O) groups is 3. The molecule has 0 saturated carbocycles. The third kappa shape index (κ3) is 35.6. The van der Waals surface area contributed by atoms with E-state index in [-0.39, 0.29) is 16.5 Å². The van der Waals surface area contributed by atoms with Crippen LogP contribution in [0, 0.1) is 0 Å². The summed E-state index contributed by atoms with van der Waals surface area (Å²) in [5.74, 6) is 0. The topological polar surface area (TPSA) is 51.2 Å².